The van der Waals surface area contributed by atoms with Gasteiger partial charge >= 0.3 is 11.9 Å². The molecule has 0 spiro atoms. The molecule has 100 valence electrons. The first-order chi connectivity index (χ1) is 9.69. The van der Waals surface area contributed by atoms with Crippen LogP contribution in [0.15, 0.2) is 36.4 Å². The molecular formula is C16H12O4. The largest absolute Gasteiger partial charge is 0.465 e. The molecule has 0 aromatic heterocycles. The van der Waals surface area contributed by atoms with Crippen molar-refractivity contribution in [2.45, 2.75) is 0 Å². The van der Waals surface area contributed by atoms with Crippen molar-refractivity contribution >= 4 is 11.9 Å². The lowest BCUT2D eigenvalue weighted by Gasteiger charge is -2.27. The highest BCUT2D eigenvalue weighted by molar-refractivity contribution is 6.16. The van der Waals surface area contributed by atoms with E-state index in [1.54, 1.807) is 24.3 Å². The van der Waals surface area contributed by atoms with Gasteiger partial charge in [0, 0.05) is 11.1 Å². The van der Waals surface area contributed by atoms with E-state index in [-0.39, 0.29) is 11.9 Å². The van der Waals surface area contributed by atoms with Gasteiger partial charge in [0.15, 0.2) is 0 Å². The Morgan fingerprint density at radius 1 is 0.750 bits per heavy atom. The van der Waals surface area contributed by atoms with E-state index in [0.717, 1.165) is 22.3 Å². The summed E-state index contributed by atoms with van der Waals surface area (Å²) in [6.45, 7) is 0. The fraction of sp³-hybridized carbons (Fsp3) is 0.125. The van der Waals surface area contributed by atoms with Crippen LogP contribution in [0.25, 0.3) is 22.3 Å². The molecule has 20 heavy (non-hydrogen) atoms. The molecule has 0 atom stereocenters. The Bertz CT molecular complexity index is 653. The Morgan fingerprint density at radius 3 is 1.50 bits per heavy atom. The van der Waals surface area contributed by atoms with E-state index in [1.807, 2.05) is 12.1 Å². The topological polar surface area (TPSA) is 52.6 Å². The van der Waals surface area contributed by atoms with Crippen molar-refractivity contribution in [2.24, 2.45) is 0 Å². The molecule has 0 heterocycles. The van der Waals surface area contributed by atoms with E-state index in [0.29, 0.717) is 11.1 Å². The quantitative estimate of drug-likeness (QED) is 0.670. The lowest BCUT2D eigenvalue weighted by molar-refractivity contribution is 0.0594. The summed E-state index contributed by atoms with van der Waals surface area (Å²) in [4.78, 5) is 23.6. The molecule has 0 aliphatic heterocycles. The van der Waals surface area contributed by atoms with Crippen molar-refractivity contribution in [3.63, 3.8) is 0 Å². The van der Waals surface area contributed by atoms with Gasteiger partial charge in [0.2, 0.25) is 0 Å². The molecule has 0 radical (unpaired) electrons. The SMILES string of the molecule is COC(=O)c1cccc2c1-c1cccc(C(=O)OC)c1-2. The van der Waals surface area contributed by atoms with Crippen molar-refractivity contribution in [2.75, 3.05) is 14.2 Å². The van der Waals surface area contributed by atoms with Crippen LogP contribution in [0.1, 0.15) is 20.7 Å². The molecular weight excluding hydrogens is 256 g/mol. The fourth-order valence-corrected chi connectivity index (χ4v) is 2.60. The molecule has 0 saturated carbocycles. The molecule has 0 fully saturated rings. The second kappa shape index (κ2) is 4.49. The molecule has 0 saturated heterocycles. The maximum absolute atomic E-state index is 11.8. The van der Waals surface area contributed by atoms with E-state index in [4.69, 9.17) is 9.47 Å². The molecule has 0 bridgehead atoms. The third-order valence-electron chi connectivity index (χ3n) is 3.48. The van der Waals surface area contributed by atoms with Gasteiger partial charge in [-0.1, -0.05) is 24.3 Å². The van der Waals surface area contributed by atoms with Crippen molar-refractivity contribution in [1.29, 1.82) is 0 Å². The number of hydrogen-bond acceptors (Lipinski definition) is 4. The molecule has 3 rings (SSSR count). The number of benzene rings is 2. The van der Waals surface area contributed by atoms with Crippen LogP contribution in [0.3, 0.4) is 0 Å². The van der Waals surface area contributed by atoms with E-state index < -0.39 is 0 Å². The summed E-state index contributed by atoms with van der Waals surface area (Å²) in [6, 6.07) is 10.8. The van der Waals surface area contributed by atoms with Gasteiger partial charge in [0.1, 0.15) is 0 Å². The first-order valence-corrected chi connectivity index (χ1v) is 6.12. The highest BCUT2D eigenvalue weighted by Gasteiger charge is 2.31. The number of carbonyl (C=O) groups is 2. The minimum atomic E-state index is -0.379. The number of carbonyl (C=O) groups excluding carboxylic acids is 2. The first kappa shape index (κ1) is 12.4. The molecule has 1 aliphatic carbocycles. The maximum atomic E-state index is 11.8. The normalized spacial score (nSPS) is 10.9. The molecule has 2 aromatic rings. The number of ether oxygens (including phenoxy) is 2. The second-order valence-electron chi connectivity index (χ2n) is 4.44. The lowest BCUT2D eigenvalue weighted by Crippen LogP contribution is -2.13. The molecule has 1 aliphatic rings. The first-order valence-electron chi connectivity index (χ1n) is 6.12. The van der Waals surface area contributed by atoms with Crippen LogP contribution in [0.2, 0.25) is 0 Å². The second-order valence-corrected chi connectivity index (χ2v) is 4.44. The lowest BCUT2D eigenvalue weighted by atomic mass is 9.75. The molecule has 4 nitrogen and oxygen atoms in total. The number of esters is 2. The summed E-state index contributed by atoms with van der Waals surface area (Å²) >= 11 is 0. The highest BCUT2D eigenvalue weighted by atomic mass is 16.5. The van der Waals surface area contributed by atoms with Gasteiger partial charge in [-0.25, -0.2) is 9.59 Å². The monoisotopic (exact) mass is 268 g/mol. The Hall–Kier alpha value is -2.62. The zero-order valence-corrected chi connectivity index (χ0v) is 11.1. The highest BCUT2D eigenvalue weighted by Crippen LogP contribution is 2.50. The van der Waals surface area contributed by atoms with Crippen LogP contribution in [-0.2, 0) is 9.47 Å². The van der Waals surface area contributed by atoms with Crippen LogP contribution < -0.4 is 0 Å². The molecule has 0 N–H and O–H groups in total. The Morgan fingerprint density at radius 2 is 1.15 bits per heavy atom. The smallest absolute Gasteiger partial charge is 0.338 e. The average molecular weight is 268 g/mol. The Balaban J connectivity index is 2.19. The Labute approximate surface area is 115 Å². The van der Waals surface area contributed by atoms with E-state index in [1.165, 1.54) is 14.2 Å². The van der Waals surface area contributed by atoms with Crippen molar-refractivity contribution < 1.29 is 19.1 Å². The summed E-state index contributed by atoms with van der Waals surface area (Å²) in [5.41, 5.74) is 4.45. The third-order valence-corrected chi connectivity index (χ3v) is 3.48. The van der Waals surface area contributed by atoms with Crippen molar-refractivity contribution in [3.8, 4) is 22.3 Å². The molecule has 0 unspecified atom stereocenters. The minimum absolute atomic E-state index is 0.379. The number of methoxy groups -OCH3 is 2. The summed E-state index contributed by atoms with van der Waals surface area (Å²) in [6.07, 6.45) is 0. The predicted molar refractivity (Wildman–Crippen MR) is 73.6 cm³/mol. The number of fused-ring (bicyclic) bond motifs is 4. The van der Waals surface area contributed by atoms with Gasteiger partial charge in [0.05, 0.1) is 25.3 Å². The van der Waals surface area contributed by atoms with Crippen LogP contribution in [-0.4, -0.2) is 26.2 Å². The molecule has 0 amide bonds. The van der Waals surface area contributed by atoms with Gasteiger partial charge in [0.25, 0.3) is 0 Å². The van der Waals surface area contributed by atoms with Crippen LogP contribution in [0.4, 0.5) is 0 Å². The van der Waals surface area contributed by atoms with E-state index >= 15 is 0 Å². The van der Waals surface area contributed by atoms with E-state index in [2.05, 4.69) is 0 Å². The number of hydrogen-bond donors (Lipinski definition) is 0. The maximum Gasteiger partial charge on any atom is 0.338 e. The average Bonchev–Trinajstić information content (AvgIpc) is 2.49. The van der Waals surface area contributed by atoms with Crippen molar-refractivity contribution in [1.82, 2.24) is 0 Å². The van der Waals surface area contributed by atoms with E-state index in [9.17, 15) is 9.59 Å². The zero-order valence-electron chi connectivity index (χ0n) is 11.1. The third kappa shape index (κ3) is 1.54. The van der Waals surface area contributed by atoms with Gasteiger partial charge in [-0.15, -0.1) is 0 Å². The zero-order chi connectivity index (χ0) is 14.3. The van der Waals surface area contributed by atoms with Crippen LogP contribution in [0, 0.1) is 0 Å². The molecule has 4 heteroatoms. The summed E-state index contributed by atoms with van der Waals surface area (Å²) in [5, 5.41) is 0. The van der Waals surface area contributed by atoms with Gasteiger partial charge in [-0.2, -0.15) is 0 Å². The summed E-state index contributed by atoms with van der Waals surface area (Å²) in [5.74, 6) is -0.757. The van der Waals surface area contributed by atoms with Crippen LogP contribution >= 0.6 is 0 Å². The van der Waals surface area contributed by atoms with Crippen LogP contribution in [0.5, 0.6) is 0 Å². The van der Waals surface area contributed by atoms with Gasteiger partial charge in [-0.05, 0) is 23.3 Å². The summed E-state index contributed by atoms with van der Waals surface area (Å²) in [7, 11) is 2.71. The van der Waals surface area contributed by atoms with Crippen molar-refractivity contribution in [3.05, 3.63) is 47.5 Å². The summed E-state index contributed by atoms with van der Waals surface area (Å²) < 4.78 is 9.58. The fourth-order valence-electron chi connectivity index (χ4n) is 2.60. The van der Waals surface area contributed by atoms with Gasteiger partial charge < -0.3 is 9.47 Å². The molecule has 2 aromatic carbocycles. The minimum Gasteiger partial charge on any atom is -0.465 e. The predicted octanol–water partition coefficient (Wildman–Crippen LogP) is 2.91. The number of rotatable bonds is 2. The van der Waals surface area contributed by atoms with Gasteiger partial charge in [-0.3, -0.25) is 0 Å². The Kier molecular flexibility index (Phi) is 2.79. The standard InChI is InChI=1S/C16H12O4/c1-19-15(17)11-7-3-5-9-13(11)10-6-4-8-12(14(9)10)16(18)20-2/h3-8H,1-2H3.